The number of thiol groups is 1. The van der Waals surface area contributed by atoms with Crippen LogP contribution in [0.4, 0.5) is 0 Å². The van der Waals surface area contributed by atoms with Gasteiger partial charge in [-0.05, 0) is 29.6 Å². The topological polar surface area (TPSA) is 32.9 Å². The summed E-state index contributed by atoms with van der Waals surface area (Å²) in [5.74, 6) is 0. The van der Waals surface area contributed by atoms with Gasteiger partial charge in [-0.3, -0.25) is 4.79 Å². The van der Waals surface area contributed by atoms with Gasteiger partial charge in [0, 0.05) is 6.07 Å². The first kappa shape index (κ1) is 12.7. The Labute approximate surface area is 97.6 Å². The van der Waals surface area contributed by atoms with Gasteiger partial charge in [0.1, 0.15) is 0 Å². The zero-order valence-electron chi connectivity index (χ0n) is 9.92. The van der Waals surface area contributed by atoms with Gasteiger partial charge in [-0.25, -0.2) is 0 Å². The minimum Gasteiger partial charge on any atom is -0.318 e. The van der Waals surface area contributed by atoms with Crippen LogP contribution in [0.3, 0.4) is 0 Å². The van der Waals surface area contributed by atoms with Gasteiger partial charge in [-0.2, -0.15) is 9.06 Å². The van der Waals surface area contributed by atoms with E-state index in [-0.39, 0.29) is 11.0 Å². The van der Waals surface area contributed by atoms with E-state index >= 15 is 0 Å². The predicted octanol–water partition coefficient (Wildman–Crippen LogP) is 2.94. The fourth-order valence-corrected chi connectivity index (χ4v) is 2.28. The molecular formula is C11H19NOS2. The van der Waals surface area contributed by atoms with Gasteiger partial charge in [0.05, 0.1) is 5.03 Å². The molecule has 0 fully saturated rings. The van der Waals surface area contributed by atoms with Gasteiger partial charge in [-0.15, -0.1) is 11.7 Å². The van der Waals surface area contributed by atoms with Crippen LogP contribution in [0.1, 0.15) is 26.3 Å². The van der Waals surface area contributed by atoms with Crippen molar-refractivity contribution in [3.05, 3.63) is 28.0 Å². The maximum Gasteiger partial charge on any atom is 0.249 e. The van der Waals surface area contributed by atoms with E-state index in [4.69, 9.17) is 0 Å². The SMILES string of the molecule is CC(C)(C)c1cc(S(C)(C)S)[nH]c(=O)c1. The summed E-state index contributed by atoms with van der Waals surface area (Å²) >= 11 is 4.55. The van der Waals surface area contributed by atoms with E-state index in [2.05, 4.69) is 43.5 Å². The molecule has 86 valence electrons. The molecule has 4 heteroatoms. The third-order valence-corrected chi connectivity index (χ3v) is 4.11. The predicted molar refractivity (Wildman–Crippen MR) is 72.5 cm³/mol. The number of aromatic amines is 1. The van der Waals surface area contributed by atoms with E-state index in [1.165, 1.54) is 0 Å². The number of rotatable bonds is 1. The zero-order valence-corrected chi connectivity index (χ0v) is 11.6. The van der Waals surface area contributed by atoms with Gasteiger partial charge in [0.15, 0.2) is 0 Å². The molecule has 1 N–H and O–H groups in total. The van der Waals surface area contributed by atoms with E-state index in [0.29, 0.717) is 0 Å². The van der Waals surface area contributed by atoms with Crippen molar-refractivity contribution in [2.24, 2.45) is 0 Å². The lowest BCUT2D eigenvalue weighted by Crippen LogP contribution is -2.18. The average molecular weight is 245 g/mol. The van der Waals surface area contributed by atoms with Gasteiger partial charge >= 0.3 is 0 Å². The van der Waals surface area contributed by atoms with Crippen molar-refractivity contribution in [3.8, 4) is 0 Å². The first-order valence-corrected chi connectivity index (χ1v) is 8.31. The van der Waals surface area contributed by atoms with E-state index in [1.54, 1.807) is 6.07 Å². The fourth-order valence-electron chi connectivity index (χ4n) is 1.22. The lowest BCUT2D eigenvalue weighted by molar-refractivity contribution is 0.585. The summed E-state index contributed by atoms with van der Waals surface area (Å²) in [5, 5.41) is 0.947. The fraction of sp³-hybridized carbons (Fsp3) is 0.545. The highest BCUT2D eigenvalue weighted by Crippen LogP contribution is 2.52. The van der Waals surface area contributed by atoms with Crippen LogP contribution >= 0.6 is 20.7 Å². The Hall–Kier alpha value is -0.350. The van der Waals surface area contributed by atoms with Crippen molar-refractivity contribution < 1.29 is 0 Å². The molecule has 0 aliphatic carbocycles. The maximum absolute atomic E-state index is 11.5. The molecule has 2 nitrogen and oxygen atoms in total. The third kappa shape index (κ3) is 3.31. The molecule has 0 atom stereocenters. The molecule has 0 aliphatic rings. The van der Waals surface area contributed by atoms with Crippen molar-refractivity contribution in [3.63, 3.8) is 0 Å². The third-order valence-electron chi connectivity index (χ3n) is 2.22. The molecule has 0 radical (unpaired) electrons. The summed E-state index contributed by atoms with van der Waals surface area (Å²) in [5.41, 5.74) is 1.03. The number of hydrogen-bond donors (Lipinski definition) is 2. The first-order valence-electron chi connectivity index (χ1n) is 4.81. The molecule has 0 saturated carbocycles. The second kappa shape index (κ2) is 3.91. The Balaban J connectivity index is 3.36. The Morgan fingerprint density at radius 1 is 1.27 bits per heavy atom. The standard InChI is InChI=1S/C11H19NOS2/c1-11(2,3)8-6-9(13)12-10(7-8)15(4,5)14/h6-7,14H,1-5H3,(H,12,13). The van der Waals surface area contributed by atoms with E-state index in [1.807, 2.05) is 12.5 Å². The number of pyridine rings is 1. The largest absolute Gasteiger partial charge is 0.318 e. The molecule has 1 aromatic rings. The van der Waals surface area contributed by atoms with Crippen LogP contribution in [-0.4, -0.2) is 17.5 Å². The molecule has 0 amide bonds. The smallest absolute Gasteiger partial charge is 0.249 e. The molecule has 0 aromatic carbocycles. The van der Waals surface area contributed by atoms with Gasteiger partial charge in [0.25, 0.3) is 0 Å². The Morgan fingerprint density at radius 2 is 1.80 bits per heavy atom. The Kier molecular flexibility index (Phi) is 3.31. The van der Waals surface area contributed by atoms with Crippen LogP contribution in [0.2, 0.25) is 0 Å². The number of H-pyrrole nitrogens is 1. The molecule has 0 aliphatic heterocycles. The molecule has 15 heavy (non-hydrogen) atoms. The summed E-state index contributed by atoms with van der Waals surface area (Å²) in [6.45, 7) is 6.31. The second-order valence-corrected chi connectivity index (χ2v) is 10.8. The quantitative estimate of drug-likeness (QED) is 0.579. The van der Waals surface area contributed by atoms with Crippen molar-refractivity contribution in [1.29, 1.82) is 0 Å². The molecule has 0 bridgehead atoms. The summed E-state index contributed by atoms with van der Waals surface area (Å²) in [4.78, 5) is 14.4. The monoisotopic (exact) mass is 245 g/mol. The van der Waals surface area contributed by atoms with Crippen LogP contribution in [-0.2, 0) is 5.41 Å². The molecule has 0 unspecified atom stereocenters. The molecular weight excluding hydrogens is 226 g/mol. The zero-order chi connectivity index (χ0) is 11.9. The molecule has 0 spiro atoms. The highest BCUT2D eigenvalue weighted by molar-refractivity contribution is 8.87. The van der Waals surface area contributed by atoms with Crippen molar-refractivity contribution >= 4 is 20.7 Å². The Bertz CT molecular complexity index is 375. The van der Waals surface area contributed by atoms with Crippen LogP contribution in [0, 0.1) is 0 Å². The van der Waals surface area contributed by atoms with Crippen LogP contribution < -0.4 is 5.56 Å². The van der Waals surface area contributed by atoms with E-state index in [9.17, 15) is 4.79 Å². The number of hydrogen-bond acceptors (Lipinski definition) is 2. The van der Waals surface area contributed by atoms with E-state index in [0.717, 1.165) is 10.6 Å². The van der Waals surface area contributed by atoms with Crippen molar-refractivity contribution in [2.75, 3.05) is 12.5 Å². The number of aromatic nitrogens is 1. The summed E-state index contributed by atoms with van der Waals surface area (Å²) in [7, 11) is -1.17. The first-order chi connectivity index (χ1) is 6.60. The van der Waals surface area contributed by atoms with E-state index < -0.39 is 9.06 Å². The normalized spacial score (nSPS) is 14.0. The second-order valence-electron chi connectivity index (χ2n) is 5.12. The Morgan fingerprint density at radius 3 is 2.20 bits per heavy atom. The molecule has 1 aromatic heterocycles. The summed E-state index contributed by atoms with van der Waals surface area (Å²) in [6.07, 6.45) is 4.10. The average Bonchev–Trinajstić information content (AvgIpc) is 1.99. The van der Waals surface area contributed by atoms with Crippen molar-refractivity contribution in [2.45, 2.75) is 31.2 Å². The molecule has 0 saturated heterocycles. The van der Waals surface area contributed by atoms with Gasteiger partial charge < -0.3 is 4.98 Å². The van der Waals surface area contributed by atoms with Gasteiger partial charge in [-0.1, -0.05) is 20.8 Å². The van der Waals surface area contributed by atoms with Crippen LogP contribution in [0.5, 0.6) is 0 Å². The van der Waals surface area contributed by atoms with Crippen LogP contribution in [0.25, 0.3) is 0 Å². The van der Waals surface area contributed by atoms with Crippen molar-refractivity contribution in [1.82, 2.24) is 4.98 Å². The summed E-state index contributed by atoms with van der Waals surface area (Å²) in [6, 6.07) is 3.73. The summed E-state index contributed by atoms with van der Waals surface area (Å²) < 4.78 is 0. The van der Waals surface area contributed by atoms with Gasteiger partial charge in [0.2, 0.25) is 5.56 Å². The maximum atomic E-state index is 11.5. The highest BCUT2D eigenvalue weighted by atomic mass is 33.1. The molecule has 1 rings (SSSR count). The minimum absolute atomic E-state index is 0.00147. The minimum atomic E-state index is -1.17. The lowest BCUT2D eigenvalue weighted by atomic mass is 9.88. The molecule has 1 heterocycles. The lowest BCUT2D eigenvalue weighted by Gasteiger charge is -2.26. The number of nitrogens with one attached hydrogen (secondary N) is 1. The highest BCUT2D eigenvalue weighted by Gasteiger charge is 2.18. The van der Waals surface area contributed by atoms with Crippen LogP contribution in [0.15, 0.2) is 22.0 Å².